The third-order valence-corrected chi connectivity index (χ3v) is 6.91. The smallest absolute Gasteiger partial charge is 0.236 e. The van der Waals surface area contributed by atoms with Crippen LogP contribution in [0.3, 0.4) is 0 Å². The van der Waals surface area contributed by atoms with Crippen LogP contribution in [0.1, 0.15) is 5.56 Å². The number of halogens is 2. The number of hydrogen-bond acceptors (Lipinski definition) is 5. The molecule has 3 heterocycles. The standard InChI is InChI=1S/C26H22ClFN4O4S/c1-37(35,36)30-23-10-17(11-24-21(23)7-9-31(24)13-16-2-4-18(28)5-3-16)22-15-32(14-19(33)12-27)25-20(22)6-8-29-26(25)34/h2-11,15,30H,12-14H2,1H3,(H,29,34). The van der Waals surface area contributed by atoms with Crippen molar-refractivity contribution < 1.29 is 22.7 Å². The number of ketones is 1. The van der Waals surface area contributed by atoms with Gasteiger partial charge in [0.05, 0.1) is 29.9 Å². The highest BCUT2D eigenvalue weighted by atomic mass is 35.5. The highest BCUT2D eigenvalue weighted by molar-refractivity contribution is 7.92. The molecule has 0 aliphatic carbocycles. The summed E-state index contributed by atoms with van der Waals surface area (Å²) in [5, 5.41) is 11.8. The van der Waals surface area contributed by atoms with E-state index in [2.05, 4.69) is 9.71 Å². The molecular weight excluding hydrogens is 519 g/mol. The Morgan fingerprint density at radius 3 is 2.57 bits per heavy atom. The second kappa shape index (κ2) is 9.53. The second-order valence-electron chi connectivity index (χ2n) is 8.77. The molecule has 0 saturated carbocycles. The van der Waals surface area contributed by atoms with Crippen LogP contribution < -0.4 is 4.72 Å². The fourth-order valence-electron chi connectivity index (χ4n) is 4.48. The second-order valence-corrected chi connectivity index (χ2v) is 10.8. The van der Waals surface area contributed by atoms with E-state index in [1.165, 1.54) is 18.3 Å². The maximum Gasteiger partial charge on any atom is 0.236 e. The predicted octanol–water partition coefficient (Wildman–Crippen LogP) is 4.73. The maximum atomic E-state index is 13.4. The summed E-state index contributed by atoms with van der Waals surface area (Å²) in [5.74, 6) is -0.982. The number of anilines is 1. The molecule has 0 bridgehead atoms. The number of aromatic nitrogens is 3. The van der Waals surface area contributed by atoms with E-state index in [1.54, 1.807) is 35.0 Å². The Morgan fingerprint density at radius 1 is 1.11 bits per heavy atom. The highest BCUT2D eigenvalue weighted by Gasteiger charge is 2.19. The molecule has 2 N–H and O–H groups in total. The zero-order valence-corrected chi connectivity index (χ0v) is 21.2. The number of nitrogens with zero attached hydrogens (tertiary/aromatic N) is 3. The fourth-order valence-corrected chi connectivity index (χ4v) is 5.13. The van der Waals surface area contributed by atoms with E-state index in [4.69, 9.17) is 11.6 Å². The predicted molar refractivity (Wildman–Crippen MR) is 142 cm³/mol. The lowest BCUT2D eigenvalue weighted by Crippen LogP contribution is -2.10. The van der Waals surface area contributed by atoms with Gasteiger partial charge in [0.25, 0.3) is 0 Å². The Balaban J connectivity index is 1.72. The maximum absolute atomic E-state index is 13.4. The Labute approximate surface area is 217 Å². The SMILES string of the molecule is CS(=O)(=O)Nc1cc(-c2cn(CC(=O)CCl)c3c(O)nccc23)cc2c1ccn2Cc1ccc(F)cc1. The summed E-state index contributed by atoms with van der Waals surface area (Å²) >= 11 is 5.71. The van der Waals surface area contributed by atoms with E-state index < -0.39 is 10.0 Å². The number of rotatable bonds is 8. The minimum Gasteiger partial charge on any atom is -0.492 e. The zero-order chi connectivity index (χ0) is 26.3. The van der Waals surface area contributed by atoms with Crippen LogP contribution in [-0.2, 0) is 27.9 Å². The average Bonchev–Trinajstić information content (AvgIpc) is 3.42. The molecule has 8 nitrogen and oxygen atoms in total. The molecule has 5 aromatic rings. The number of sulfonamides is 1. The highest BCUT2D eigenvalue weighted by Crippen LogP contribution is 2.38. The van der Waals surface area contributed by atoms with Crippen LogP contribution in [0.25, 0.3) is 32.9 Å². The molecule has 2 aromatic carbocycles. The van der Waals surface area contributed by atoms with Crippen LogP contribution in [-0.4, -0.2) is 45.6 Å². The monoisotopic (exact) mass is 540 g/mol. The number of benzene rings is 2. The topological polar surface area (TPSA) is 106 Å². The van der Waals surface area contributed by atoms with E-state index in [1.807, 2.05) is 22.9 Å². The average molecular weight is 541 g/mol. The summed E-state index contributed by atoms with van der Waals surface area (Å²) in [5.41, 5.74) is 3.69. The van der Waals surface area contributed by atoms with Gasteiger partial charge in [-0.25, -0.2) is 17.8 Å². The molecule has 37 heavy (non-hydrogen) atoms. The fraction of sp³-hybridized carbons (Fsp3) is 0.154. The Morgan fingerprint density at radius 2 is 1.86 bits per heavy atom. The molecule has 0 aliphatic heterocycles. The summed E-state index contributed by atoms with van der Waals surface area (Å²) in [7, 11) is -3.60. The first-order chi connectivity index (χ1) is 17.6. The number of fused-ring (bicyclic) bond motifs is 2. The van der Waals surface area contributed by atoms with Gasteiger partial charge in [-0.3, -0.25) is 9.52 Å². The van der Waals surface area contributed by atoms with Crippen molar-refractivity contribution in [2.24, 2.45) is 0 Å². The van der Waals surface area contributed by atoms with Gasteiger partial charge in [-0.05, 0) is 47.5 Å². The number of nitrogens with one attached hydrogen (secondary N) is 1. The molecule has 190 valence electrons. The molecule has 0 spiro atoms. The van der Waals surface area contributed by atoms with Gasteiger partial charge in [0.15, 0.2) is 5.78 Å². The van der Waals surface area contributed by atoms with Gasteiger partial charge in [0.1, 0.15) is 11.3 Å². The lowest BCUT2D eigenvalue weighted by atomic mass is 10.0. The van der Waals surface area contributed by atoms with Crippen LogP contribution in [0.4, 0.5) is 10.1 Å². The van der Waals surface area contributed by atoms with Crippen molar-refractivity contribution in [3.63, 3.8) is 0 Å². The van der Waals surface area contributed by atoms with Crippen molar-refractivity contribution in [2.75, 3.05) is 16.9 Å². The minimum atomic E-state index is -3.60. The number of carbonyl (C=O) groups excluding carboxylic acids is 1. The molecule has 0 fully saturated rings. The molecule has 11 heteroatoms. The zero-order valence-electron chi connectivity index (χ0n) is 19.6. The van der Waals surface area contributed by atoms with E-state index in [0.29, 0.717) is 39.6 Å². The van der Waals surface area contributed by atoms with Gasteiger partial charge >= 0.3 is 0 Å². The molecular formula is C26H22ClFN4O4S. The van der Waals surface area contributed by atoms with Crippen LogP contribution >= 0.6 is 11.6 Å². The van der Waals surface area contributed by atoms with Crippen LogP contribution in [0.5, 0.6) is 5.88 Å². The van der Waals surface area contributed by atoms with Gasteiger partial charge < -0.3 is 14.2 Å². The number of Topliss-reactive ketones (excluding diaryl/α,β-unsaturated/α-hetero) is 1. The first-order valence-electron chi connectivity index (χ1n) is 11.2. The van der Waals surface area contributed by atoms with Crippen molar-refractivity contribution in [1.82, 2.24) is 14.1 Å². The summed E-state index contributed by atoms with van der Waals surface area (Å²) < 4.78 is 43.9. The third kappa shape index (κ3) is 5.03. The van der Waals surface area contributed by atoms with E-state index in [9.17, 15) is 22.7 Å². The van der Waals surface area contributed by atoms with Crippen molar-refractivity contribution in [3.05, 3.63) is 78.5 Å². The molecule has 0 radical (unpaired) electrons. The van der Waals surface area contributed by atoms with E-state index >= 15 is 0 Å². The summed E-state index contributed by atoms with van der Waals surface area (Å²) in [6.45, 7) is 0.374. The quantitative estimate of drug-likeness (QED) is 0.277. The Hall–Kier alpha value is -3.89. The number of hydrogen-bond donors (Lipinski definition) is 2. The van der Waals surface area contributed by atoms with Crippen LogP contribution in [0.2, 0.25) is 0 Å². The van der Waals surface area contributed by atoms with Crippen molar-refractivity contribution in [2.45, 2.75) is 13.1 Å². The van der Waals surface area contributed by atoms with Gasteiger partial charge in [0.2, 0.25) is 15.9 Å². The summed E-state index contributed by atoms with van der Waals surface area (Å²) in [4.78, 5) is 16.1. The van der Waals surface area contributed by atoms with Crippen LogP contribution in [0.15, 0.2) is 67.1 Å². The molecule has 0 unspecified atom stereocenters. The minimum absolute atomic E-state index is 0.0586. The van der Waals surface area contributed by atoms with E-state index in [-0.39, 0.29) is 29.9 Å². The Bertz CT molecular complexity index is 1760. The summed E-state index contributed by atoms with van der Waals surface area (Å²) in [6, 6.07) is 13.3. The lowest BCUT2D eigenvalue weighted by molar-refractivity contribution is -0.117. The first kappa shape index (κ1) is 24.8. The molecule has 5 rings (SSSR count). The van der Waals surface area contributed by atoms with Crippen molar-refractivity contribution in [3.8, 4) is 17.0 Å². The van der Waals surface area contributed by atoms with Crippen molar-refractivity contribution >= 4 is 54.9 Å². The van der Waals surface area contributed by atoms with Crippen LogP contribution in [0, 0.1) is 5.82 Å². The van der Waals surface area contributed by atoms with Gasteiger partial charge in [-0.1, -0.05) is 12.1 Å². The lowest BCUT2D eigenvalue weighted by Gasteiger charge is -2.12. The van der Waals surface area contributed by atoms with E-state index in [0.717, 1.165) is 17.3 Å². The molecule has 0 atom stereocenters. The van der Waals surface area contributed by atoms with Gasteiger partial charge in [-0.2, -0.15) is 0 Å². The first-order valence-corrected chi connectivity index (χ1v) is 13.7. The van der Waals surface area contributed by atoms with Gasteiger partial charge in [-0.15, -0.1) is 11.6 Å². The number of aromatic hydroxyl groups is 1. The van der Waals surface area contributed by atoms with Crippen molar-refractivity contribution in [1.29, 1.82) is 0 Å². The normalized spacial score (nSPS) is 11.9. The molecule has 3 aromatic heterocycles. The third-order valence-electron chi connectivity index (χ3n) is 6.02. The molecule has 0 aliphatic rings. The molecule has 0 amide bonds. The largest absolute Gasteiger partial charge is 0.492 e. The summed E-state index contributed by atoms with van der Waals surface area (Å²) in [6.07, 6.45) is 6.09. The number of carbonyl (C=O) groups is 1. The van der Waals surface area contributed by atoms with Gasteiger partial charge in [0, 0.05) is 41.5 Å². The number of alkyl halides is 1. The number of pyridine rings is 1. The Kier molecular flexibility index (Phi) is 6.38. The molecule has 0 saturated heterocycles.